The second kappa shape index (κ2) is 8.26. The first kappa shape index (κ1) is 18.3. The summed E-state index contributed by atoms with van der Waals surface area (Å²) in [5, 5.41) is 13.9. The molecule has 0 saturated heterocycles. The Bertz CT molecular complexity index is 899. The highest BCUT2D eigenvalue weighted by Crippen LogP contribution is 2.18. The molecule has 0 fully saturated rings. The van der Waals surface area contributed by atoms with Crippen molar-refractivity contribution < 1.29 is 13.9 Å². The number of urea groups is 1. The molecule has 0 spiro atoms. The first-order chi connectivity index (χ1) is 13.0. The summed E-state index contributed by atoms with van der Waals surface area (Å²) in [5.41, 5.74) is 2.38. The molecule has 0 aliphatic carbocycles. The summed E-state index contributed by atoms with van der Waals surface area (Å²) in [5.74, 6) is 0.229. The number of aromatic nitrogens is 4. The number of benzene rings is 2. The molecule has 0 aliphatic rings. The Hall–Kier alpha value is -3.49. The maximum absolute atomic E-state index is 12.9. The van der Waals surface area contributed by atoms with Gasteiger partial charge < -0.3 is 15.0 Å². The van der Waals surface area contributed by atoms with E-state index in [1.807, 2.05) is 19.1 Å². The Morgan fingerprint density at radius 2 is 2.04 bits per heavy atom. The molecule has 2 aromatic carbocycles. The van der Waals surface area contributed by atoms with Crippen LogP contribution in [0.5, 0.6) is 5.75 Å². The van der Waals surface area contributed by atoms with Gasteiger partial charge in [-0.05, 0) is 59.3 Å². The minimum atomic E-state index is -0.321. The number of ether oxygens (including phenoxy) is 1. The third-order valence-corrected chi connectivity index (χ3v) is 3.91. The number of amides is 2. The zero-order valence-electron chi connectivity index (χ0n) is 15.0. The zero-order valence-corrected chi connectivity index (χ0v) is 15.0. The van der Waals surface area contributed by atoms with E-state index in [1.54, 1.807) is 25.2 Å². The smallest absolute Gasteiger partial charge is 0.321 e. The van der Waals surface area contributed by atoms with Crippen molar-refractivity contribution in [1.29, 1.82) is 0 Å². The topological polar surface area (TPSA) is 85.2 Å². The number of aryl methyl sites for hydroxylation is 1. The third kappa shape index (κ3) is 4.78. The largest absolute Gasteiger partial charge is 0.492 e. The highest BCUT2D eigenvalue weighted by atomic mass is 19.1. The van der Waals surface area contributed by atoms with Gasteiger partial charge in [0.15, 0.2) is 0 Å². The standard InChI is InChI=1S/C18H19FN6O2/c1-13-3-6-15(11-17(13)25-12-20-22-23-25)21-18(26)24(2)9-10-27-16-7-4-14(19)5-8-16/h3-8,11-12H,9-10H2,1-2H3,(H,21,26). The van der Waals surface area contributed by atoms with Crippen LogP contribution in [0.2, 0.25) is 0 Å². The fourth-order valence-corrected chi connectivity index (χ4v) is 2.36. The van der Waals surface area contributed by atoms with Crippen LogP contribution in [-0.4, -0.2) is 51.3 Å². The van der Waals surface area contributed by atoms with Crippen LogP contribution in [0.15, 0.2) is 48.8 Å². The van der Waals surface area contributed by atoms with Gasteiger partial charge in [-0.3, -0.25) is 0 Å². The van der Waals surface area contributed by atoms with E-state index in [9.17, 15) is 9.18 Å². The van der Waals surface area contributed by atoms with Gasteiger partial charge in [0, 0.05) is 12.7 Å². The monoisotopic (exact) mass is 370 g/mol. The van der Waals surface area contributed by atoms with Crippen LogP contribution in [0.3, 0.4) is 0 Å². The first-order valence-corrected chi connectivity index (χ1v) is 8.27. The van der Waals surface area contributed by atoms with Crippen molar-refractivity contribution in [3.05, 3.63) is 60.2 Å². The fraction of sp³-hybridized carbons (Fsp3) is 0.222. The normalized spacial score (nSPS) is 10.5. The minimum absolute atomic E-state index is 0.274. The molecule has 140 valence electrons. The molecule has 0 saturated carbocycles. The summed E-state index contributed by atoms with van der Waals surface area (Å²) < 4.78 is 19.9. The molecule has 1 heterocycles. The van der Waals surface area contributed by atoms with Crippen molar-refractivity contribution >= 4 is 11.7 Å². The quantitative estimate of drug-likeness (QED) is 0.721. The summed E-state index contributed by atoms with van der Waals surface area (Å²) in [6.07, 6.45) is 1.49. The lowest BCUT2D eigenvalue weighted by molar-refractivity contribution is 0.207. The average Bonchev–Trinajstić information content (AvgIpc) is 3.19. The molecule has 2 amide bonds. The van der Waals surface area contributed by atoms with Gasteiger partial charge >= 0.3 is 6.03 Å². The van der Waals surface area contributed by atoms with E-state index in [0.29, 0.717) is 24.6 Å². The summed E-state index contributed by atoms with van der Waals surface area (Å²) in [7, 11) is 1.67. The van der Waals surface area contributed by atoms with E-state index in [-0.39, 0.29) is 11.8 Å². The van der Waals surface area contributed by atoms with Crippen molar-refractivity contribution in [1.82, 2.24) is 25.1 Å². The predicted molar refractivity (Wildman–Crippen MR) is 97.4 cm³/mol. The Morgan fingerprint density at radius 1 is 1.26 bits per heavy atom. The van der Waals surface area contributed by atoms with Crippen LogP contribution >= 0.6 is 0 Å². The molecule has 3 rings (SSSR count). The first-order valence-electron chi connectivity index (χ1n) is 8.27. The van der Waals surface area contributed by atoms with Crippen LogP contribution < -0.4 is 10.1 Å². The molecule has 1 aromatic heterocycles. The number of tetrazole rings is 1. The molecule has 9 heteroatoms. The van der Waals surface area contributed by atoms with Gasteiger partial charge in [0.2, 0.25) is 0 Å². The maximum Gasteiger partial charge on any atom is 0.321 e. The number of hydrogen-bond acceptors (Lipinski definition) is 5. The predicted octanol–water partition coefficient (Wildman–Crippen LogP) is 2.65. The van der Waals surface area contributed by atoms with Gasteiger partial charge in [0.1, 0.15) is 24.5 Å². The van der Waals surface area contributed by atoms with Crippen LogP contribution in [-0.2, 0) is 0 Å². The summed E-state index contributed by atoms with van der Waals surface area (Å²) >= 11 is 0. The number of nitrogens with one attached hydrogen (secondary N) is 1. The molecule has 8 nitrogen and oxygen atoms in total. The molecule has 0 bridgehead atoms. The number of halogens is 1. The Balaban J connectivity index is 1.55. The summed E-state index contributed by atoms with van der Waals surface area (Å²) in [6.45, 7) is 2.59. The van der Waals surface area contributed by atoms with Gasteiger partial charge in [0.05, 0.1) is 12.2 Å². The molecular weight excluding hydrogens is 351 g/mol. The lowest BCUT2D eigenvalue weighted by atomic mass is 10.2. The van der Waals surface area contributed by atoms with Crippen LogP contribution in [0.4, 0.5) is 14.9 Å². The molecular formula is C18H19FN6O2. The Morgan fingerprint density at radius 3 is 2.74 bits per heavy atom. The number of likely N-dealkylation sites (N-methyl/N-ethyl adjacent to an activating group) is 1. The van der Waals surface area contributed by atoms with E-state index in [4.69, 9.17) is 4.74 Å². The number of rotatable bonds is 6. The average molecular weight is 370 g/mol. The number of carbonyl (C=O) groups excluding carboxylic acids is 1. The van der Waals surface area contributed by atoms with Crippen molar-refractivity contribution in [2.75, 3.05) is 25.5 Å². The summed E-state index contributed by atoms with van der Waals surface area (Å²) in [4.78, 5) is 13.8. The van der Waals surface area contributed by atoms with E-state index in [0.717, 1.165) is 11.3 Å². The number of nitrogens with zero attached hydrogens (tertiary/aromatic N) is 5. The zero-order chi connectivity index (χ0) is 19.2. The van der Waals surface area contributed by atoms with Crippen LogP contribution in [0, 0.1) is 12.7 Å². The van der Waals surface area contributed by atoms with Gasteiger partial charge in [0.25, 0.3) is 0 Å². The lowest BCUT2D eigenvalue weighted by Crippen LogP contribution is -2.34. The molecule has 0 unspecified atom stereocenters. The number of carbonyl (C=O) groups is 1. The van der Waals surface area contributed by atoms with Crippen LogP contribution in [0.25, 0.3) is 5.69 Å². The van der Waals surface area contributed by atoms with Crippen molar-refractivity contribution in [2.24, 2.45) is 0 Å². The highest BCUT2D eigenvalue weighted by molar-refractivity contribution is 5.89. The second-order valence-corrected chi connectivity index (χ2v) is 5.91. The molecule has 0 radical (unpaired) electrons. The molecule has 3 aromatic rings. The van der Waals surface area contributed by atoms with E-state index in [1.165, 1.54) is 28.0 Å². The Kier molecular flexibility index (Phi) is 5.60. The van der Waals surface area contributed by atoms with Crippen molar-refractivity contribution in [3.63, 3.8) is 0 Å². The third-order valence-electron chi connectivity index (χ3n) is 3.91. The number of hydrogen-bond donors (Lipinski definition) is 1. The number of anilines is 1. The lowest BCUT2D eigenvalue weighted by Gasteiger charge is -2.19. The highest BCUT2D eigenvalue weighted by Gasteiger charge is 2.11. The maximum atomic E-state index is 12.9. The Labute approximate surface area is 155 Å². The van der Waals surface area contributed by atoms with E-state index in [2.05, 4.69) is 20.8 Å². The minimum Gasteiger partial charge on any atom is -0.492 e. The fourth-order valence-electron chi connectivity index (χ4n) is 2.36. The van der Waals surface area contributed by atoms with Gasteiger partial charge in [-0.1, -0.05) is 6.07 Å². The van der Waals surface area contributed by atoms with Crippen LogP contribution in [0.1, 0.15) is 5.56 Å². The van der Waals surface area contributed by atoms with Gasteiger partial charge in [-0.2, -0.15) is 0 Å². The van der Waals surface area contributed by atoms with Crippen molar-refractivity contribution in [3.8, 4) is 11.4 Å². The van der Waals surface area contributed by atoms with Gasteiger partial charge in [-0.15, -0.1) is 5.10 Å². The SMILES string of the molecule is Cc1ccc(NC(=O)N(C)CCOc2ccc(F)cc2)cc1-n1cnnn1. The van der Waals surface area contributed by atoms with Crippen molar-refractivity contribution in [2.45, 2.75) is 6.92 Å². The molecule has 1 N–H and O–H groups in total. The van der Waals surface area contributed by atoms with E-state index < -0.39 is 0 Å². The molecule has 27 heavy (non-hydrogen) atoms. The molecule has 0 atom stereocenters. The molecule has 0 aliphatic heterocycles. The second-order valence-electron chi connectivity index (χ2n) is 5.91. The summed E-state index contributed by atoms with van der Waals surface area (Å²) in [6, 6.07) is 11.0. The van der Waals surface area contributed by atoms with E-state index >= 15 is 0 Å². The van der Waals surface area contributed by atoms with Gasteiger partial charge in [-0.25, -0.2) is 13.9 Å².